The molecular weight excluding hydrogens is 385 g/mol. The van der Waals surface area contributed by atoms with E-state index in [1.165, 1.54) is 26.4 Å². The average molecular weight is 402 g/mol. The van der Waals surface area contributed by atoms with E-state index in [0.717, 1.165) is 17.7 Å². The second-order valence-electron chi connectivity index (χ2n) is 6.72. The van der Waals surface area contributed by atoms with Crippen LogP contribution in [0.5, 0.6) is 11.5 Å². The fourth-order valence-electron chi connectivity index (χ4n) is 3.49. The van der Waals surface area contributed by atoms with Gasteiger partial charge < -0.3 is 14.4 Å². The summed E-state index contributed by atoms with van der Waals surface area (Å²) in [7, 11) is 2.99. The van der Waals surface area contributed by atoms with Gasteiger partial charge in [0.2, 0.25) is 0 Å². The average Bonchev–Trinajstić information content (AvgIpc) is 3.10. The van der Waals surface area contributed by atoms with Gasteiger partial charge in [0.05, 0.1) is 37.1 Å². The van der Waals surface area contributed by atoms with Gasteiger partial charge in [0.1, 0.15) is 0 Å². The van der Waals surface area contributed by atoms with Gasteiger partial charge in [-0.15, -0.1) is 0 Å². The number of hydrogen-bond donors (Lipinski definition) is 0. The number of benzene rings is 2. The van der Waals surface area contributed by atoms with Gasteiger partial charge >= 0.3 is 6.18 Å². The number of halogens is 3. The van der Waals surface area contributed by atoms with Gasteiger partial charge in [0, 0.05) is 24.9 Å². The van der Waals surface area contributed by atoms with Crippen LogP contribution >= 0.6 is 0 Å². The number of rotatable bonds is 3. The SMILES string of the molecule is COc1cc2c(cc1OC)C(=O)N1C=C(c3ccc(C(F)(F)F)cc3)C[C@H]1C=N2. The third-order valence-electron chi connectivity index (χ3n) is 5.02. The molecule has 8 heteroatoms. The van der Waals surface area contributed by atoms with Crippen molar-refractivity contribution in [1.82, 2.24) is 4.90 Å². The summed E-state index contributed by atoms with van der Waals surface area (Å²) in [6.45, 7) is 0. The van der Waals surface area contributed by atoms with E-state index in [9.17, 15) is 18.0 Å². The lowest BCUT2D eigenvalue weighted by atomic mass is 10.0. The number of carbonyl (C=O) groups excluding carboxylic acids is 1. The molecule has 150 valence electrons. The predicted octanol–water partition coefficient (Wildman–Crippen LogP) is 4.69. The highest BCUT2D eigenvalue weighted by molar-refractivity contribution is 6.05. The van der Waals surface area contributed by atoms with Gasteiger partial charge in [0.25, 0.3) is 5.91 Å². The summed E-state index contributed by atoms with van der Waals surface area (Å²) in [6, 6.07) is 7.84. The second kappa shape index (κ2) is 6.95. The van der Waals surface area contributed by atoms with Crippen LogP contribution in [-0.4, -0.2) is 37.3 Å². The van der Waals surface area contributed by atoms with Crippen LogP contribution < -0.4 is 9.47 Å². The number of alkyl halides is 3. The Balaban J connectivity index is 1.67. The Morgan fingerprint density at radius 3 is 2.34 bits per heavy atom. The molecule has 2 aromatic carbocycles. The van der Waals surface area contributed by atoms with Crippen molar-refractivity contribution in [2.75, 3.05) is 14.2 Å². The van der Waals surface area contributed by atoms with Crippen molar-refractivity contribution < 1.29 is 27.4 Å². The van der Waals surface area contributed by atoms with Crippen LogP contribution in [0.1, 0.15) is 27.9 Å². The first-order chi connectivity index (χ1) is 13.8. The lowest BCUT2D eigenvalue weighted by Crippen LogP contribution is -2.32. The Hall–Kier alpha value is -3.29. The molecule has 0 unspecified atom stereocenters. The Morgan fingerprint density at radius 1 is 1.07 bits per heavy atom. The second-order valence-corrected chi connectivity index (χ2v) is 6.72. The minimum absolute atomic E-state index is 0.259. The van der Waals surface area contributed by atoms with Crippen LogP contribution in [0.15, 0.2) is 47.6 Å². The summed E-state index contributed by atoms with van der Waals surface area (Å²) >= 11 is 0. The first-order valence-electron chi connectivity index (χ1n) is 8.83. The van der Waals surface area contributed by atoms with Crippen LogP contribution in [0.4, 0.5) is 18.9 Å². The number of methoxy groups -OCH3 is 2. The number of amides is 1. The van der Waals surface area contributed by atoms with Crippen molar-refractivity contribution in [2.24, 2.45) is 4.99 Å². The largest absolute Gasteiger partial charge is 0.493 e. The molecule has 0 saturated heterocycles. The Bertz CT molecular complexity index is 1030. The predicted molar refractivity (Wildman–Crippen MR) is 102 cm³/mol. The highest BCUT2D eigenvalue weighted by Gasteiger charge is 2.34. The fraction of sp³-hybridized carbons (Fsp3) is 0.238. The van der Waals surface area contributed by atoms with Crippen molar-refractivity contribution in [3.05, 3.63) is 59.3 Å². The van der Waals surface area contributed by atoms with E-state index in [-0.39, 0.29) is 11.9 Å². The van der Waals surface area contributed by atoms with Gasteiger partial charge in [-0.05, 0) is 29.3 Å². The Kier molecular flexibility index (Phi) is 4.56. The molecular formula is C21H17F3N2O3. The van der Waals surface area contributed by atoms with Crippen LogP contribution in [0.25, 0.3) is 5.57 Å². The van der Waals surface area contributed by atoms with Gasteiger partial charge in [0.15, 0.2) is 11.5 Å². The number of fused-ring (bicyclic) bond motifs is 2. The third-order valence-corrected chi connectivity index (χ3v) is 5.02. The van der Waals surface area contributed by atoms with Crippen molar-refractivity contribution in [2.45, 2.75) is 18.6 Å². The van der Waals surface area contributed by atoms with Crippen LogP contribution in [0.3, 0.4) is 0 Å². The molecule has 4 rings (SSSR count). The first-order valence-corrected chi connectivity index (χ1v) is 8.83. The van der Waals surface area contributed by atoms with E-state index in [2.05, 4.69) is 4.99 Å². The van der Waals surface area contributed by atoms with E-state index in [1.807, 2.05) is 0 Å². The third kappa shape index (κ3) is 3.35. The zero-order valence-electron chi connectivity index (χ0n) is 15.7. The molecule has 0 aromatic heterocycles. The summed E-state index contributed by atoms with van der Waals surface area (Å²) < 4.78 is 48.9. The van der Waals surface area contributed by atoms with Crippen LogP contribution in [0.2, 0.25) is 0 Å². The summed E-state index contributed by atoms with van der Waals surface area (Å²) in [5.41, 5.74) is 1.55. The smallest absolute Gasteiger partial charge is 0.416 e. The molecule has 0 aliphatic carbocycles. The van der Waals surface area contributed by atoms with Crippen molar-refractivity contribution in [1.29, 1.82) is 0 Å². The molecule has 2 aliphatic rings. The van der Waals surface area contributed by atoms with E-state index in [4.69, 9.17) is 9.47 Å². The molecule has 29 heavy (non-hydrogen) atoms. The Labute approximate surface area is 165 Å². The molecule has 5 nitrogen and oxygen atoms in total. The topological polar surface area (TPSA) is 51.1 Å². The van der Waals surface area contributed by atoms with Crippen molar-refractivity contribution >= 4 is 23.4 Å². The standard InChI is InChI=1S/C21H17F3N2O3/c1-28-18-8-16-17(9-19(18)29-2)25-10-15-7-13(11-26(15)20(16)27)12-3-5-14(6-4-12)21(22,23)24/h3-6,8-11,15H,7H2,1-2H3/t15-/m0/s1. The molecule has 2 aromatic rings. The maximum atomic E-state index is 13.1. The molecule has 0 bridgehead atoms. The summed E-state index contributed by atoms with van der Waals surface area (Å²) in [6.07, 6.45) is -0.579. The van der Waals surface area contributed by atoms with Crippen LogP contribution in [0, 0.1) is 0 Å². The minimum Gasteiger partial charge on any atom is -0.493 e. The zero-order valence-corrected chi connectivity index (χ0v) is 15.7. The molecule has 2 heterocycles. The number of ether oxygens (including phenoxy) is 2. The number of aliphatic imine (C=N–C) groups is 1. The molecule has 0 N–H and O–H groups in total. The van der Waals surface area contributed by atoms with Gasteiger partial charge in [-0.2, -0.15) is 13.2 Å². The maximum absolute atomic E-state index is 13.1. The highest BCUT2D eigenvalue weighted by atomic mass is 19.4. The molecule has 0 saturated carbocycles. The minimum atomic E-state index is -4.38. The van der Waals surface area contributed by atoms with Gasteiger partial charge in [-0.3, -0.25) is 9.79 Å². The fourth-order valence-corrected chi connectivity index (χ4v) is 3.49. The highest BCUT2D eigenvalue weighted by Crippen LogP contribution is 2.40. The molecule has 0 radical (unpaired) electrons. The molecule has 2 aliphatic heterocycles. The normalized spacial score (nSPS) is 18.1. The summed E-state index contributed by atoms with van der Waals surface area (Å²) in [4.78, 5) is 19.1. The van der Waals surface area contributed by atoms with E-state index in [0.29, 0.717) is 34.7 Å². The van der Waals surface area contributed by atoms with Gasteiger partial charge in [-0.25, -0.2) is 0 Å². The van der Waals surface area contributed by atoms with E-state index >= 15 is 0 Å². The summed E-state index contributed by atoms with van der Waals surface area (Å²) in [5, 5.41) is 0. The molecule has 1 amide bonds. The molecule has 0 spiro atoms. The summed E-state index contributed by atoms with van der Waals surface area (Å²) in [5.74, 6) is 0.629. The van der Waals surface area contributed by atoms with Crippen molar-refractivity contribution in [3.63, 3.8) is 0 Å². The number of hydrogen-bond acceptors (Lipinski definition) is 4. The first kappa shape index (κ1) is 19.0. The number of carbonyl (C=O) groups is 1. The molecule has 0 fully saturated rings. The number of nitrogens with zero attached hydrogens (tertiary/aromatic N) is 2. The van der Waals surface area contributed by atoms with Gasteiger partial charge in [-0.1, -0.05) is 12.1 Å². The monoisotopic (exact) mass is 402 g/mol. The van der Waals surface area contributed by atoms with Crippen molar-refractivity contribution in [3.8, 4) is 11.5 Å². The van der Waals surface area contributed by atoms with Crippen LogP contribution in [-0.2, 0) is 6.18 Å². The lowest BCUT2D eigenvalue weighted by Gasteiger charge is -2.18. The lowest BCUT2D eigenvalue weighted by molar-refractivity contribution is -0.137. The quantitative estimate of drug-likeness (QED) is 0.748. The Morgan fingerprint density at radius 2 is 1.72 bits per heavy atom. The van der Waals surface area contributed by atoms with E-state index < -0.39 is 11.7 Å². The molecule has 1 atom stereocenters. The van der Waals surface area contributed by atoms with E-state index in [1.54, 1.807) is 29.4 Å². The maximum Gasteiger partial charge on any atom is 0.416 e. The zero-order chi connectivity index (χ0) is 20.8.